The first kappa shape index (κ1) is 14.1. The van der Waals surface area contributed by atoms with E-state index in [4.69, 9.17) is 0 Å². The van der Waals surface area contributed by atoms with Gasteiger partial charge in [0.2, 0.25) is 10.0 Å². The van der Waals surface area contributed by atoms with E-state index in [0.717, 1.165) is 19.3 Å². The number of amides is 1. The molecule has 0 atom stereocenters. The maximum absolute atomic E-state index is 12.4. The standard InChI is InChI=1S/C15H19N3O3S/c19-14(12-2-1-6-16-8-12)17-7-5-15(9-17)10-18(11-15)22(20,21)13-3-4-13/h1-2,6,8,13H,3-5,7,9-11H2. The molecule has 2 aliphatic heterocycles. The summed E-state index contributed by atoms with van der Waals surface area (Å²) in [6, 6.07) is 3.53. The average Bonchev–Trinajstić information content (AvgIpc) is 3.25. The summed E-state index contributed by atoms with van der Waals surface area (Å²) in [7, 11) is -3.06. The molecule has 118 valence electrons. The molecule has 1 aromatic heterocycles. The maximum Gasteiger partial charge on any atom is 0.255 e. The van der Waals surface area contributed by atoms with Gasteiger partial charge in [-0.25, -0.2) is 12.7 Å². The number of aromatic nitrogens is 1. The summed E-state index contributed by atoms with van der Waals surface area (Å²) >= 11 is 0. The van der Waals surface area contributed by atoms with Crippen molar-refractivity contribution in [2.45, 2.75) is 24.5 Å². The number of hydrogen-bond acceptors (Lipinski definition) is 4. The van der Waals surface area contributed by atoms with Crippen LogP contribution in [-0.2, 0) is 10.0 Å². The molecule has 3 fully saturated rings. The van der Waals surface area contributed by atoms with Gasteiger partial charge < -0.3 is 4.90 Å². The first-order valence-corrected chi connectivity index (χ1v) is 9.19. The predicted octanol–water partition coefficient (Wildman–Crippen LogP) is 0.722. The zero-order chi connectivity index (χ0) is 15.4. The van der Waals surface area contributed by atoms with Crippen LogP contribution in [0.3, 0.4) is 0 Å². The van der Waals surface area contributed by atoms with Crippen molar-refractivity contribution in [2.75, 3.05) is 26.2 Å². The number of pyridine rings is 1. The largest absolute Gasteiger partial charge is 0.338 e. The Kier molecular flexibility index (Phi) is 3.06. The highest BCUT2D eigenvalue weighted by Crippen LogP contribution is 2.44. The third kappa shape index (κ3) is 2.23. The highest BCUT2D eigenvalue weighted by atomic mass is 32.2. The third-order valence-electron chi connectivity index (χ3n) is 4.96. The smallest absolute Gasteiger partial charge is 0.255 e. The molecule has 3 heterocycles. The van der Waals surface area contributed by atoms with Crippen LogP contribution in [0, 0.1) is 5.41 Å². The number of sulfonamides is 1. The zero-order valence-corrected chi connectivity index (χ0v) is 13.1. The number of nitrogens with zero attached hydrogens (tertiary/aromatic N) is 3. The van der Waals surface area contributed by atoms with Crippen molar-refractivity contribution >= 4 is 15.9 Å². The Morgan fingerprint density at radius 1 is 1.27 bits per heavy atom. The lowest BCUT2D eigenvalue weighted by Crippen LogP contribution is -2.60. The minimum atomic E-state index is -3.06. The Morgan fingerprint density at radius 3 is 2.68 bits per heavy atom. The van der Waals surface area contributed by atoms with Crippen LogP contribution < -0.4 is 0 Å². The monoisotopic (exact) mass is 321 g/mol. The van der Waals surface area contributed by atoms with Gasteiger partial charge in [0.25, 0.3) is 5.91 Å². The van der Waals surface area contributed by atoms with Gasteiger partial charge in [0, 0.05) is 44.0 Å². The van der Waals surface area contributed by atoms with Crippen molar-refractivity contribution in [1.29, 1.82) is 0 Å². The van der Waals surface area contributed by atoms with Gasteiger partial charge in [-0.2, -0.15) is 0 Å². The molecule has 7 heteroatoms. The molecule has 1 aromatic rings. The van der Waals surface area contributed by atoms with E-state index < -0.39 is 10.0 Å². The lowest BCUT2D eigenvalue weighted by Gasteiger charge is -2.46. The number of carbonyl (C=O) groups is 1. The molecule has 6 nitrogen and oxygen atoms in total. The molecule has 3 aliphatic rings. The average molecular weight is 321 g/mol. The molecule has 0 unspecified atom stereocenters. The topological polar surface area (TPSA) is 70.6 Å². The second-order valence-electron chi connectivity index (χ2n) is 6.73. The van der Waals surface area contributed by atoms with Crippen molar-refractivity contribution < 1.29 is 13.2 Å². The molecule has 22 heavy (non-hydrogen) atoms. The van der Waals surface area contributed by atoms with Gasteiger partial charge in [0.15, 0.2) is 0 Å². The Morgan fingerprint density at radius 2 is 2.05 bits per heavy atom. The van der Waals surface area contributed by atoms with Crippen LogP contribution in [0.4, 0.5) is 0 Å². The van der Waals surface area contributed by atoms with E-state index in [0.29, 0.717) is 31.7 Å². The first-order chi connectivity index (χ1) is 10.5. The van der Waals surface area contributed by atoms with Crippen LogP contribution in [-0.4, -0.2) is 59.9 Å². The third-order valence-corrected chi connectivity index (χ3v) is 7.25. The lowest BCUT2D eigenvalue weighted by molar-refractivity contribution is 0.0623. The van der Waals surface area contributed by atoms with E-state index in [2.05, 4.69) is 4.98 Å². The molecular weight excluding hydrogens is 302 g/mol. The molecule has 1 amide bonds. The molecule has 0 aromatic carbocycles. The Labute approximate surface area is 130 Å². The second-order valence-corrected chi connectivity index (χ2v) is 8.94. The van der Waals surface area contributed by atoms with Crippen molar-refractivity contribution in [3.05, 3.63) is 30.1 Å². The van der Waals surface area contributed by atoms with Crippen LogP contribution in [0.5, 0.6) is 0 Å². The van der Waals surface area contributed by atoms with E-state index >= 15 is 0 Å². The van der Waals surface area contributed by atoms with E-state index in [1.165, 1.54) is 0 Å². The van der Waals surface area contributed by atoms with Gasteiger partial charge in [-0.15, -0.1) is 0 Å². The fraction of sp³-hybridized carbons (Fsp3) is 0.600. The molecule has 1 spiro atoms. The zero-order valence-electron chi connectivity index (χ0n) is 12.3. The molecule has 0 N–H and O–H groups in total. The molecular formula is C15H19N3O3S. The first-order valence-electron chi connectivity index (χ1n) is 7.69. The van der Waals surface area contributed by atoms with Gasteiger partial charge in [0.05, 0.1) is 10.8 Å². The Hall–Kier alpha value is -1.47. The van der Waals surface area contributed by atoms with Crippen molar-refractivity contribution in [3.8, 4) is 0 Å². The Bertz CT molecular complexity index is 694. The summed E-state index contributed by atoms with van der Waals surface area (Å²) in [6.45, 7) is 2.49. The van der Waals surface area contributed by atoms with Gasteiger partial charge >= 0.3 is 0 Å². The number of hydrogen-bond donors (Lipinski definition) is 0. The molecule has 0 bridgehead atoms. The fourth-order valence-corrected chi connectivity index (χ4v) is 5.56. The van der Waals surface area contributed by atoms with Crippen molar-refractivity contribution in [1.82, 2.24) is 14.2 Å². The molecule has 0 radical (unpaired) electrons. The number of rotatable bonds is 3. The summed E-state index contributed by atoms with van der Waals surface area (Å²) in [4.78, 5) is 18.2. The SMILES string of the molecule is O=C(c1cccnc1)N1CCC2(C1)CN(S(=O)(=O)C1CC1)C2. The quantitative estimate of drug-likeness (QED) is 0.822. The van der Waals surface area contributed by atoms with Gasteiger partial charge in [-0.1, -0.05) is 0 Å². The number of likely N-dealkylation sites (tertiary alicyclic amines) is 1. The van der Waals surface area contributed by atoms with Gasteiger partial charge in [0.1, 0.15) is 0 Å². The summed E-state index contributed by atoms with van der Waals surface area (Å²) < 4.78 is 26.0. The molecule has 4 rings (SSSR count). The fourth-order valence-electron chi connectivity index (χ4n) is 3.50. The molecule has 1 aliphatic carbocycles. The second kappa shape index (κ2) is 4.76. The summed E-state index contributed by atoms with van der Waals surface area (Å²) in [5.74, 6) is -0.00604. The van der Waals surface area contributed by atoms with Crippen molar-refractivity contribution in [3.63, 3.8) is 0 Å². The highest BCUT2D eigenvalue weighted by Gasteiger charge is 2.55. The van der Waals surface area contributed by atoms with E-state index in [-0.39, 0.29) is 16.6 Å². The van der Waals surface area contributed by atoms with Gasteiger partial charge in [-0.05, 0) is 31.4 Å². The number of carbonyl (C=O) groups excluding carboxylic acids is 1. The van der Waals surface area contributed by atoms with Gasteiger partial charge in [-0.3, -0.25) is 9.78 Å². The Balaban J connectivity index is 1.41. The summed E-state index contributed by atoms with van der Waals surface area (Å²) in [5, 5.41) is -0.139. The lowest BCUT2D eigenvalue weighted by atomic mass is 9.81. The van der Waals surface area contributed by atoms with Crippen LogP contribution in [0.25, 0.3) is 0 Å². The van der Waals surface area contributed by atoms with E-state index in [9.17, 15) is 13.2 Å². The highest BCUT2D eigenvalue weighted by molar-refractivity contribution is 7.90. The van der Waals surface area contributed by atoms with Crippen molar-refractivity contribution in [2.24, 2.45) is 5.41 Å². The van der Waals surface area contributed by atoms with Crippen LogP contribution in [0.1, 0.15) is 29.6 Å². The molecule has 2 saturated heterocycles. The van der Waals surface area contributed by atoms with Crippen LogP contribution in [0.2, 0.25) is 0 Å². The van der Waals surface area contributed by atoms with E-state index in [1.54, 1.807) is 28.8 Å². The van der Waals surface area contributed by atoms with E-state index in [1.807, 2.05) is 4.90 Å². The predicted molar refractivity (Wildman–Crippen MR) is 80.7 cm³/mol. The maximum atomic E-state index is 12.4. The van der Waals surface area contributed by atoms with Crippen LogP contribution >= 0.6 is 0 Å². The normalized spacial score (nSPS) is 24.5. The summed E-state index contributed by atoms with van der Waals surface area (Å²) in [5.41, 5.74) is 0.571. The molecule has 1 saturated carbocycles. The van der Waals surface area contributed by atoms with Crippen LogP contribution in [0.15, 0.2) is 24.5 Å². The minimum absolute atomic E-state index is 0.00604. The summed E-state index contributed by atoms with van der Waals surface area (Å²) in [6.07, 6.45) is 5.72. The minimum Gasteiger partial charge on any atom is -0.338 e.